The van der Waals surface area contributed by atoms with Crippen LogP contribution in [-0.4, -0.2) is 45.4 Å². The van der Waals surface area contributed by atoms with Crippen molar-refractivity contribution in [1.82, 2.24) is 20.7 Å². The maximum absolute atomic E-state index is 13.3. The summed E-state index contributed by atoms with van der Waals surface area (Å²) in [7, 11) is -3.46. The summed E-state index contributed by atoms with van der Waals surface area (Å²) < 4.78 is 36.1. The zero-order valence-corrected chi connectivity index (χ0v) is 21.4. The van der Waals surface area contributed by atoms with E-state index in [1.54, 1.807) is 0 Å². The third kappa shape index (κ3) is 6.35. The molecule has 0 amide bonds. The Labute approximate surface area is 199 Å². The molecule has 2 saturated heterocycles. The topological polar surface area (TPSA) is 91.5 Å². The van der Waals surface area contributed by atoms with Crippen molar-refractivity contribution in [2.45, 2.75) is 96.1 Å². The lowest BCUT2D eigenvalue weighted by Crippen LogP contribution is -2.64. The van der Waals surface area contributed by atoms with Gasteiger partial charge in [-0.3, -0.25) is 10.6 Å². The molecule has 2 aliphatic heterocycles. The van der Waals surface area contributed by atoms with Crippen LogP contribution in [0.5, 0.6) is 0 Å². The Balaban J connectivity index is 1.61. The van der Waals surface area contributed by atoms with E-state index in [1.807, 2.05) is 0 Å². The molecule has 186 valence electrons. The molecule has 0 aromatic heterocycles. The first-order valence-corrected chi connectivity index (χ1v) is 14.2. The molecule has 4 rings (SSSR count). The molecule has 1 aromatic carbocycles. The smallest absolute Gasteiger partial charge is 0.216 e. The minimum absolute atomic E-state index is 0.00545. The predicted octanol–water partition coefficient (Wildman–Crippen LogP) is 3.05. The Hall–Kier alpha value is -1.03. The van der Waals surface area contributed by atoms with E-state index in [0.29, 0.717) is 24.9 Å². The standard InChI is InChI=1S/C25H42N4O3S/c1-16(2)11-20-15-32-23-13-22(24-17(3)7-5-8-18(24)4)27-25(28-23)29-33(30,31)21-10-6-9-19(12-21)14-26-20/h5,7-8,16,19-23,25-29H,6,9-15H2,1-4H3/t19?,20-,21?,22?,23?,25?/m1/s1. The Bertz CT molecular complexity index is 887. The summed E-state index contributed by atoms with van der Waals surface area (Å²) in [5, 5.41) is 10.3. The van der Waals surface area contributed by atoms with Gasteiger partial charge in [0, 0.05) is 18.5 Å². The molecule has 1 aromatic rings. The number of fused-ring (bicyclic) bond motifs is 4. The van der Waals surface area contributed by atoms with E-state index < -0.39 is 16.3 Å². The van der Waals surface area contributed by atoms with Gasteiger partial charge >= 0.3 is 0 Å². The van der Waals surface area contributed by atoms with Crippen LogP contribution in [0.4, 0.5) is 0 Å². The molecular weight excluding hydrogens is 436 g/mol. The molecule has 0 radical (unpaired) electrons. The van der Waals surface area contributed by atoms with E-state index >= 15 is 0 Å². The molecule has 1 saturated carbocycles. The normalized spacial score (nSPS) is 35.3. The molecule has 7 nitrogen and oxygen atoms in total. The molecule has 1 aliphatic carbocycles. The zero-order valence-electron chi connectivity index (χ0n) is 20.6. The summed E-state index contributed by atoms with van der Waals surface area (Å²) in [4.78, 5) is 0. The third-order valence-electron chi connectivity index (χ3n) is 7.47. The van der Waals surface area contributed by atoms with Gasteiger partial charge in [-0.25, -0.2) is 8.42 Å². The van der Waals surface area contributed by atoms with Gasteiger partial charge in [0.2, 0.25) is 10.0 Å². The number of rotatable bonds is 3. The van der Waals surface area contributed by atoms with E-state index in [1.165, 1.54) is 16.7 Å². The monoisotopic (exact) mass is 478 g/mol. The van der Waals surface area contributed by atoms with E-state index in [9.17, 15) is 8.42 Å². The lowest BCUT2D eigenvalue weighted by molar-refractivity contribution is -0.0274. The summed E-state index contributed by atoms with van der Waals surface area (Å²) >= 11 is 0. The van der Waals surface area contributed by atoms with E-state index in [0.717, 1.165) is 38.6 Å². The molecule has 3 fully saturated rings. The van der Waals surface area contributed by atoms with Gasteiger partial charge in [0.1, 0.15) is 12.5 Å². The summed E-state index contributed by atoms with van der Waals surface area (Å²) in [6.45, 7) is 10.2. The van der Waals surface area contributed by atoms with Crippen molar-refractivity contribution in [3.05, 3.63) is 34.9 Å². The van der Waals surface area contributed by atoms with Crippen LogP contribution < -0.4 is 20.7 Å². The van der Waals surface area contributed by atoms with Gasteiger partial charge in [-0.1, -0.05) is 38.5 Å². The molecule has 8 heteroatoms. The number of hydrogen-bond acceptors (Lipinski definition) is 6. The van der Waals surface area contributed by atoms with Gasteiger partial charge in [0.25, 0.3) is 0 Å². The average molecular weight is 479 g/mol. The van der Waals surface area contributed by atoms with Crippen LogP contribution in [0.3, 0.4) is 0 Å². The molecule has 3 aliphatic rings. The molecule has 6 atom stereocenters. The molecule has 4 N–H and O–H groups in total. The van der Waals surface area contributed by atoms with Crippen LogP contribution in [-0.2, 0) is 14.8 Å². The highest BCUT2D eigenvalue weighted by Gasteiger charge is 2.37. The lowest BCUT2D eigenvalue weighted by Gasteiger charge is -2.39. The lowest BCUT2D eigenvalue weighted by atomic mass is 9.88. The van der Waals surface area contributed by atoms with Crippen molar-refractivity contribution in [2.24, 2.45) is 11.8 Å². The zero-order chi connectivity index (χ0) is 23.6. The van der Waals surface area contributed by atoms with Gasteiger partial charge in [-0.2, -0.15) is 4.72 Å². The summed E-state index contributed by atoms with van der Waals surface area (Å²) in [5.41, 5.74) is 3.65. The quantitative estimate of drug-likeness (QED) is 0.534. The number of sulfonamides is 1. The number of benzene rings is 1. The summed E-state index contributed by atoms with van der Waals surface area (Å²) in [6.07, 6.45) is 4.48. The van der Waals surface area contributed by atoms with Crippen molar-refractivity contribution in [3.63, 3.8) is 0 Å². The molecule has 0 spiro atoms. The second-order valence-corrected chi connectivity index (χ2v) is 12.7. The van der Waals surface area contributed by atoms with Gasteiger partial charge in [0.05, 0.1) is 11.9 Å². The van der Waals surface area contributed by atoms with Crippen molar-refractivity contribution >= 4 is 10.0 Å². The Morgan fingerprint density at radius 2 is 1.85 bits per heavy atom. The highest BCUT2D eigenvalue weighted by Crippen LogP contribution is 2.31. The summed E-state index contributed by atoms with van der Waals surface area (Å²) in [5.74, 6) is 0.956. The molecular formula is C25H42N4O3S. The van der Waals surface area contributed by atoms with Crippen LogP contribution >= 0.6 is 0 Å². The van der Waals surface area contributed by atoms with Gasteiger partial charge in [-0.15, -0.1) is 0 Å². The Morgan fingerprint density at radius 1 is 1.09 bits per heavy atom. The first-order chi connectivity index (χ1) is 15.7. The Morgan fingerprint density at radius 3 is 2.58 bits per heavy atom. The molecule has 5 unspecified atom stereocenters. The highest BCUT2D eigenvalue weighted by molar-refractivity contribution is 7.90. The fourth-order valence-electron chi connectivity index (χ4n) is 5.86. The number of ether oxygens (including phenoxy) is 1. The average Bonchev–Trinajstić information content (AvgIpc) is 2.75. The van der Waals surface area contributed by atoms with E-state index in [4.69, 9.17) is 4.74 Å². The first kappa shape index (κ1) is 25.1. The molecule has 2 heterocycles. The molecule has 33 heavy (non-hydrogen) atoms. The van der Waals surface area contributed by atoms with Gasteiger partial charge < -0.3 is 10.1 Å². The van der Waals surface area contributed by atoms with Crippen LogP contribution in [0.25, 0.3) is 0 Å². The third-order valence-corrected chi connectivity index (χ3v) is 9.34. The van der Waals surface area contributed by atoms with Crippen molar-refractivity contribution in [3.8, 4) is 0 Å². The predicted molar refractivity (Wildman–Crippen MR) is 132 cm³/mol. The highest BCUT2D eigenvalue weighted by atomic mass is 32.2. The summed E-state index contributed by atoms with van der Waals surface area (Å²) in [6, 6.07) is 6.58. The second-order valence-electron chi connectivity index (χ2n) is 10.7. The van der Waals surface area contributed by atoms with Crippen molar-refractivity contribution in [1.29, 1.82) is 0 Å². The largest absolute Gasteiger partial charge is 0.362 e. The van der Waals surface area contributed by atoms with E-state index in [-0.39, 0.29) is 23.6 Å². The number of hydrogen-bond donors (Lipinski definition) is 4. The maximum atomic E-state index is 13.3. The minimum Gasteiger partial charge on any atom is -0.362 e. The first-order valence-electron chi connectivity index (χ1n) is 12.7. The van der Waals surface area contributed by atoms with Gasteiger partial charge in [0.15, 0.2) is 0 Å². The minimum atomic E-state index is -3.46. The van der Waals surface area contributed by atoms with E-state index in [2.05, 4.69) is 66.6 Å². The van der Waals surface area contributed by atoms with Crippen LogP contribution in [0.15, 0.2) is 18.2 Å². The SMILES string of the molecule is Cc1cccc(C)c1C1CC2NC(N1)NS(=O)(=O)C1CCCC(CN[C@H](CC(C)C)CO2)C1. The second kappa shape index (κ2) is 10.7. The maximum Gasteiger partial charge on any atom is 0.216 e. The van der Waals surface area contributed by atoms with Crippen LogP contribution in [0, 0.1) is 25.7 Å². The molecule has 4 bridgehead atoms. The van der Waals surface area contributed by atoms with Crippen LogP contribution in [0.2, 0.25) is 0 Å². The fraction of sp³-hybridized carbons (Fsp3) is 0.760. The fourth-order valence-corrected chi connectivity index (χ4v) is 7.52. The van der Waals surface area contributed by atoms with Crippen molar-refractivity contribution in [2.75, 3.05) is 13.2 Å². The number of nitrogens with one attached hydrogen (secondary N) is 4. The van der Waals surface area contributed by atoms with Crippen molar-refractivity contribution < 1.29 is 13.2 Å². The van der Waals surface area contributed by atoms with Crippen LogP contribution in [0.1, 0.15) is 75.1 Å². The Kier molecular flexibility index (Phi) is 8.14. The number of aryl methyl sites for hydroxylation is 2. The van der Waals surface area contributed by atoms with Gasteiger partial charge in [-0.05, 0) is 74.6 Å².